The summed E-state index contributed by atoms with van der Waals surface area (Å²) < 4.78 is 17.4. The van der Waals surface area contributed by atoms with Gasteiger partial charge in [-0.05, 0) is 49.9 Å². The number of hydrogen-bond acceptors (Lipinski definition) is 3. The van der Waals surface area contributed by atoms with Crippen molar-refractivity contribution < 1.29 is 13.7 Å². The predicted octanol–water partition coefficient (Wildman–Crippen LogP) is 2.17. The van der Waals surface area contributed by atoms with Crippen molar-refractivity contribution in [2.75, 3.05) is 24.3 Å². The molecule has 1 aliphatic rings. The number of aryl methyl sites for hydroxylation is 2. The first-order chi connectivity index (χ1) is 9.54. The van der Waals surface area contributed by atoms with E-state index in [2.05, 4.69) is 11.4 Å². The molecule has 0 bridgehead atoms. The smallest absolute Gasteiger partial charge is 0.237 e. The summed E-state index contributed by atoms with van der Waals surface area (Å²) in [4.78, 5) is 12.0. The minimum atomic E-state index is -1.11. The normalized spacial score (nSPS) is 17.7. The van der Waals surface area contributed by atoms with Gasteiger partial charge in [0.2, 0.25) is 5.91 Å². The third kappa shape index (κ3) is 4.42. The van der Waals surface area contributed by atoms with Crippen molar-refractivity contribution in [2.45, 2.75) is 31.9 Å². The molecule has 1 aromatic rings. The molecule has 2 rings (SSSR count). The summed E-state index contributed by atoms with van der Waals surface area (Å²) in [6, 6.07) is 5.89. The first kappa shape index (κ1) is 15.2. The van der Waals surface area contributed by atoms with E-state index in [1.54, 1.807) is 0 Å². The van der Waals surface area contributed by atoms with Crippen LogP contribution in [0.15, 0.2) is 18.2 Å². The molecule has 0 unspecified atom stereocenters. The summed E-state index contributed by atoms with van der Waals surface area (Å²) in [6.07, 6.45) is 1.56. The largest absolute Gasteiger partial charge is 0.381 e. The molecule has 0 spiro atoms. The van der Waals surface area contributed by atoms with Crippen molar-refractivity contribution >= 4 is 22.4 Å². The number of nitrogens with one attached hydrogen (secondary N) is 1. The van der Waals surface area contributed by atoms with Crippen LogP contribution >= 0.6 is 0 Å². The molecule has 1 aliphatic heterocycles. The molecule has 1 aromatic carbocycles. The van der Waals surface area contributed by atoms with Gasteiger partial charge in [-0.1, -0.05) is 6.07 Å². The Morgan fingerprint density at radius 3 is 2.45 bits per heavy atom. The van der Waals surface area contributed by atoms with Gasteiger partial charge >= 0.3 is 0 Å². The Balaban J connectivity index is 1.89. The van der Waals surface area contributed by atoms with Gasteiger partial charge < -0.3 is 10.1 Å². The van der Waals surface area contributed by atoms with Gasteiger partial charge in [0.1, 0.15) is 5.75 Å². The lowest BCUT2D eigenvalue weighted by Crippen LogP contribution is -2.30. The van der Waals surface area contributed by atoms with Gasteiger partial charge in [0.15, 0.2) is 0 Å². The summed E-state index contributed by atoms with van der Waals surface area (Å²) in [6.45, 7) is 5.27. The summed E-state index contributed by atoms with van der Waals surface area (Å²) in [5.74, 6) is -0.114. The van der Waals surface area contributed by atoms with Gasteiger partial charge in [-0.25, -0.2) is 0 Å². The Bertz CT molecular complexity index is 490. The predicted molar refractivity (Wildman–Crippen MR) is 81.4 cm³/mol. The van der Waals surface area contributed by atoms with Crippen molar-refractivity contribution in [3.63, 3.8) is 0 Å². The third-order valence-corrected chi connectivity index (χ3v) is 5.08. The van der Waals surface area contributed by atoms with Gasteiger partial charge in [0.25, 0.3) is 0 Å². The van der Waals surface area contributed by atoms with Crippen LogP contribution in [0.3, 0.4) is 0 Å². The van der Waals surface area contributed by atoms with E-state index in [1.807, 2.05) is 26.0 Å². The lowest BCUT2D eigenvalue weighted by atomic mass is 10.1. The number of amides is 1. The molecule has 1 heterocycles. The second-order valence-electron chi connectivity index (χ2n) is 5.26. The monoisotopic (exact) mass is 295 g/mol. The minimum Gasteiger partial charge on any atom is -0.381 e. The van der Waals surface area contributed by atoms with E-state index in [9.17, 15) is 9.00 Å². The van der Waals surface area contributed by atoms with Crippen molar-refractivity contribution in [3.8, 4) is 0 Å². The topological polar surface area (TPSA) is 55.4 Å². The Morgan fingerprint density at radius 1 is 1.25 bits per heavy atom. The van der Waals surface area contributed by atoms with Gasteiger partial charge in [0, 0.05) is 35.0 Å². The van der Waals surface area contributed by atoms with Gasteiger partial charge in [-0.15, -0.1) is 0 Å². The molecule has 0 radical (unpaired) electrons. The summed E-state index contributed by atoms with van der Waals surface area (Å²) in [7, 11) is -1.11. The molecule has 20 heavy (non-hydrogen) atoms. The molecule has 1 amide bonds. The zero-order valence-corrected chi connectivity index (χ0v) is 12.8. The molecule has 1 fully saturated rings. The molecule has 4 nitrogen and oxygen atoms in total. The van der Waals surface area contributed by atoms with Crippen LogP contribution in [0.25, 0.3) is 0 Å². The van der Waals surface area contributed by atoms with Crippen molar-refractivity contribution in [1.29, 1.82) is 0 Å². The lowest BCUT2D eigenvalue weighted by Gasteiger charge is -2.21. The van der Waals surface area contributed by atoms with Gasteiger partial charge in [0.05, 0.1) is 0 Å². The maximum atomic E-state index is 12.1. The van der Waals surface area contributed by atoms with Crippen LogP contribution in [-0.2, 0) is 20.3 Å². The Hall–Kier alpha value is -1.20. The fraction of sp³-hybridized carbons (Fsp3) is 0.533. The molecule has 1 N–H and O–H groups in total. The highest BCUT2D eigenvalue weighted by Crippen LogP contribution is 2.16. The highest BCUT2D eigenvalue weighted by Gasteiger charge is 2.22. The molecule has 5 heteroatoms. The Morgan fingerprint density at radius 2 is 1.85 bits per heavy atom. The standard InChI is InChI=1S/C15H21NO3S/c1-11-7-12(2)9-13(8-11)16-15(17)10-20(18)14-3-5-19-6-4-14/h7-9,14H,3-6,10H2,1-2H3,(H,16,17)/t20-/m1/s1. The fourth-order valence-corrected chi connectivity index (χ4v) is 3.71. The maximum absolute atomic E-state index is 12.1. The average molecular weight is 295 g/mol. The van der Waals surface area contributed by atoms with Crippen LogP contribution in [0, 0.1) is 13.8 Å². The fourth-order valence-electron chi connectivity index (χ4n) is 2.43. The molecule has 0 aromatic heterocycles. The van der Waals surface area contributed by atoms with Crippen LogP contribution < -0.4 is 5.32 Å². The van der Waals surface area contributed by atoms with E-state index in [0.29, 0.717) is 13.2 Å². The Kier molecular flexibility index (Phi) is 5.31. The molecule has 110 valence electrons. The van der Waals surface area contributed by atoms with Crippen molar-refractivity contribution in [1.82, 2.24) is 0 Å². The zero-order chi connectivity index (χ0) is 14.5. The number of carbonyl (C=O) groups excluding carboxylic acids is 1. The Labute approximate surface area is 122 Å². The maximum Gasteiger partial charge on any atom is 0.237 e. The number of ether oxygens (including phenoxy) is 1. The summed E-state index contributed by atoms with van der Waals surface area (Å²) in [5.41, 5.74) is 2.98. The van der Waals surface area contributed by atoms with E-state index in [4.69, 9.17) is 4.74 Å². The third-order valence-electron chi connectivity index (χ3n) is 3.32. The van der Waals surface area contributed by atoms with Gasteiger partial charge in [-0.2, -0.15) is 0 Å². The SMILES string of the molecule is Cc1cc(C)cc(NC(=O)C[S@@](=O)C2CCOCC2)c1. The first-order valence-electron chi connectivity index (χ1n) is 6.87. The molecular formula is C15H21NO3S. The summed E-state index contributed by atoms with van der Waals surface area (Å²) >= 11 is 0. The van der Waals surface area contributed by atoms with E-state index < -0.39 is 10.8 Å². The number of hydrogen-bond donors (Lipinski definition) is 1. The minimum absolute atomic E-state index is 0.0671. The number of anilines is 1. The van der Waals surface area contributed by atoms with E-state index in [0.717, 1.165) is 29.7 Å². The molecule has 1 saturated heterocycles. The quantitative estimate of drug-likeness (QED) is 0.926. The summed E-state index contributed by atoms with van der Waals surface area (Å²) in [5, 5.41) is 2.92. The molecule has 1 atom stereocenters. The molecular weight excluding hydrogens is 274 g/mol. The lowest BCUT2D eigenvalue weighted by molar-refractivity contribution is -0.113. The van der Waals surface area contributed by atoms with E-state index >= 15 is 0 Å². The van der Waals surface area contributed by atoms with Crippen LogP contribution in [-0.4, -0.2) is 34.3 Å². The second kappa shape index (κ2) is 6.99. The number of benzene rings is 1. The van der Waals surface area contributed by atoms with Crippen molar-refractivity contribution in [2.24, 2.45) is 0 Å². The van der Waals surface area contributed by atoms with Crippen LogP contribution in [0.4, 0.5) is 5.69 Å². The van der Waals surface area contributed by atoms with Crippen LogP contribution in [0.2, 0.25) is 0 Å². The van der Waals surface area contributed by atoms with E-state index in [1.165, 1.54) is 0 Å². The second-order valence-corrected chi connectivity index (χ2v) is 6.98. The molecule has 0 aliphatic carbocycles. The van der Waals surface area contributed by atoms with Gasteiger partial charge in [-0.3, -0.25) is 9.00 Å². The first-order valence-corrected chi connectivity index (χ1v) is 8.26. The zero-order valence-electron chi connectivity index (χ0n) is 12.0. The van der Waals surface area contributed by atoms with Crippen LogP contribution in [0.5, 0.6) is 0 Å². The number of rotatable bonds is 4. The highest BCUT2D eigenvalue weighted by molar-refractivity contribution is 7.86. The number of carbonyl (C=O) groups is 1. The molecule has 0 saturated carbocycles. The average Bonchev–Trinajstić information content (AvgIpc) is 2.38. The van der Waals surface area contributed by atoms with E-state index in [-0.39, 0.29) is 16.9 Å². The van der Waals surface area contributed by atoms with Crippen molar-refractivity contribution in [3.05, 3.63) is 29.3 Å². The highest BCUT2D eigenvalue weighted by atomic mass is 32.2. The van der Waals surface area contributed by atoms with Crippen LogP contribution in [0.1, 0.15) is 24.0 Å².